The van der Waals surface area contributed by atoms with E-state index in [0.717, 1.165) is 29.9 Å². The van der Waals surface area contributed by atoms with E-state index in [0.29, 0.717) is 29.5 Å². The number of ether oxygens (including phenoxy) is 1. The lowest BCUT2D eigenvalue weighted by molar-refractivity contribution is -0.139. The van der Waals surface area contributed by atoms with E-state index in [2.05, 4.69) is 10.2 Å². The van der Waals surface area contributed by atoms with Crippen LogP contribution in [0, 0.1) is 5.82 Å². The van der Waals surface area contributed by atoms with Crippen LogP contribution in [-0.2, 0) is 27.3 Å². The molecule has 8 heteroatoms. The number of carbonyl (C=O) groups excluding carboxylic acids is 2. The molecule has 0 spiro atoms. The van der Waals surface area contributed by atoms with Gasteiger partial charge in [0.2, 0.25) is 5.91 Å². The minimum absolute atomic E-state index is 0.105. The summed E-state index contributed by atoms with van der Waals surface area (Å²) in [7, 11) is 0. The van der Waals surface area contributed by atoms with Crippen molar-refractivity contribution >= 4 is 34.8 Å². The predicted molar refractivity (Wildman–Crippen MR) is 159 cm³/mol. The second-order valence-electron chi connectivity index (χ2n) is 9.90. The lowest BCUT2D eigenvalue weighted by atomic mass is 10.0. The Labute approximate surface area is 244 Å². The fourth-order valence-corrected chi connectivity index (χ4v) is 5.01. The Morgan fingerprint density at radius 3 is 2.17 bits per heavy atom. The Morgan fingerprint density at radius 1 is 0.854 bits per heavy atom. The van der Waals surface area contributed by atoms with E-state index in [1.807, 2.05) is 66.7 Å². The molecule has 4 aromatic carbocycles. The molecule has 1 N–H and O–H groups in total. The summed E-state index contributed by atoms with van der Waals surface area (Å²) in [6.45, 7) is 3.13. The zero-order valence-corrected chi connectivity index (χ0v) is 23.3. The highest BCUT2D eigenvalue weighted by molar-refractivity contribution is 6.30. The Morgan fingerprint density at radius 2 is 1.51 bits per heavy atom. The molecule has 0 aliphatic carbocycles. The van der Waals surface area contributed by atoms with Crippen LogP contribution < -0.4 is 10.2 Å². The molecule has 1 heterocycles. The maximum absolute atomic E-state index is 14.0. The van der Waals surface area contributed by atoms with Crippen LogP contribution in [0.25, 0.3) is 0 Å². The highest BCUT2D eigenvalue weighted by Gasteiger charge is 2.32. The van der Waals surface area contributed by atoms with Crippen LogP contribution in [0.15, 0.2) is 103 Å². The first kappa shape index (κ1) is 28.3. The molecule has 0 aromatic heterocycles. The summed E-state index contributed by atoms with van der Waals surface area (Å²) in [6, 6.07) is 28.8. The van der Waals surface area contributed by atoms with E-state index in [-0.39, 0.29) is 18.9 Å². The summed E-state index contributed by atoms with van der Waals surface area (Å²) in [4.78, 5) is 31.6. The number of carbonyl (C=O) groups is 2. The fraction of sp³-hybridized carbons (Fsp3) is 0.212. The quantitative estimate of drug-likeness (QED) is 0.257. The number of nitrogens with zero attached hydrogens (tertiary/aromatic N) is 2. The van der Waals surface area contributed by atoms with Crippen molar-refractivity contribution in [3.05, 3.63) is 131 Å². The summed E-state index contributed by atoms with van der Waals surface area (Å²) in [5, 5.41) is 3.56. The molecule has 1 fully saturated rings. The molecule has 1 aliphatic heterocycles. The number of nitrogens with one attached hydrogen (secondary N) is 1. The molecule has 1 aliphatic rings. The van der Waals surface area contributed by atoms with E-state index in [1.54, 1.807) is 29.2 Å². The van der Waals surface area contributed by atoms with Crippen molar-refractivity contribution in [1.29, 1.82) is 0 Å². The van der Waals surface area contributed by atoms with Gasteiger partial charge >= 0.3 is 0 Å². The third-order valence-corrected chi connectivity index (χ3v) is 7.29. The Balaban J connectivity index is 1.45. The second kappa shape index (κ2) is 13.4. The lowest BCUT2D eigenvalue weighted by Crippen LogP contribution is -2.41. The van der Waals surface area contributed by atoms with Crippen LogP contribution >= 0.6 is 11.6 Å². The van der Waals surface area contributed by atoms with Crippen molar-refractivity contribution < 1.29 is 18.7 Å². The Hall–Kier alpha value is -4.20. The number of hydrogen-bond acceptors (Lipinski definition) is 4. The molecule has 6 nitrogen and oxygen atoms in total. The number of amides is 2. The van der Waals surface area contributed by atoms with Crippen LogP contribution in [0.4, 0.5) is 15.8 Å². The number of halogens is 2. The first-order chi connectivity index (χ1) is 20.0. The smallest absolute Gasteiger partial charge is 0.251 e. The summed E-state index contributed by atoms with van der Waals surface area (Å²) < 4.78 is 19.4. The van der Waals surface area contributed by atoms with Gasteiger partial charge in [-0.1, -0.05) is 66.2 Å². The Bertz CT molecular complexity index is 1440. The van der Waals surface area contributed by atoms with Gasteiger partial charge in [-0.15, -0.1) is 0 Å². The lowest BCUT2D eigenvalue weighted by Gasteiger charge is -2.32. The van der Waals surface area contributed by atoms with Crippen molar-refractivity contribution in [3.63, 3.8) is 0 Å². The normalized spacial score (nSPS) is 13.9. The van der Waals surface area contributed by atoms with Gasteiger partial charge in [-0.05, 0) is 65.2 Å². The van der Waals surface area contributed by atoms with Gasteiger partial charge in [0.25, 0.3) is 5.91 Å². The SMILES string of the molecule is O=C(Nc1ccc(N2CCOCC2)cc1)C(c1ccc(F)cc1)N(Cc1ccc(Cl)cc1)C(=O)Cc1ccccc1. The number of anilines is 2. The van der Waals surface area contributed by atoms with Crippen LogP contribution in [0.3, 0.4) is 0 Å². The first-order valence-electron chi connectivity index (χ1n) is 13.5. The zero-order chi connectivity index (χ0) is 28.6. The van der Waals surface area contributed by atoms with Crippen LogP contribution in [-0.4, -0.2) is 43.0 Å². The van der Waals surface area contributed by atoms with Crippen LogP contribution in [0.5, 0.6) is 0 Å². The monoisotopic (exact) mass is 571 g/mol. The molecular formula is C33H31ClFN3O3. The predicted octanol–water partition coefficient (Wildman–Crippen LogP) is 6.27. The second-order valence-corrected chi connectivity index (χ2v) is 10.3. The number of hydrogen-bond donors (Lipinski definition) is 1. The summed E-state index contributed by atoms with van der Waals surface area (Å²) in [5.41, 5.74) is 3.79. The van der Waals surface area contributed by atoms with E-state index in [1.165, 1.54) is 12.1 Å². The first-order valence-corrected chi connectivity index (χ1v) is 13.9. The van der Waals surface area contributed by atoms with Gasteiger partial charge in [-0.2, -0.15) is 0 Å². The van der Waals surface area contributed by atoms with Crippen molar-refractivity contribution in [2.24, 2.45) is 0 Å². The molecule has 4 aromatic rings. The molecule has 210 valence electrons. The van der Waals surface area contributed by atoms with Crippen molar-refractivity contribution in [2.75, 3.05) is 36.5 Å². The van der Waals surface area contributed by atoms with Gasteiger partial charge in [0, 0.05) is 36.0 Å². The van der Waals surface area contributed by atoms with Gasteiger partial charge in [0.1, 0.15) is 11.9 Å². The van der Waals surface area contributed by atoms with Gasteiger partial charge in [0.15, 0.2) is 0 Å². The van der Waals surface area contributed by atoms with Crippen molar-refractivity contribution in [1.82, 2.24) is 4.90 Å². The van der Waals surface area contributed by atoms with Gasteiger partial charge < -0.3 is 19.9 Å². The average Bonchev–Trinajstić information content (AvgIpc) is 3.00. The maximum Gasteiger partial charge on any atom is 0.251 e. The summed E-state index contributed by atoms with van der Waals surface area (Å²) in [6.07, 6.45) is 0.105. The largest absolute Gasteiger partial charge is 0.378 e. The van der Waals surface area contributed by atoms with Gasteiger partial charge in [-0.3, -0.25) is 9.59 Å². The molecule has 1 saturated heterocycles. The zero-order valence-electron chi connectivity index (χ0n) is 22.5. The topological polar surface area (TPSA) is 61.9 Å². The third-order valence-electron chi connectivity index (χ3n) is 7.04. The average molecular weight is 572 g/mol. The van der Waals surface area contributed by atoms with E-state index in [9.17, 15) is 14.0 Å². The van der Waals surface area contributed by atoms with Crippen LogP contribution in [0.2, 0.25) is 5.02 Å². The van der Waals surface area contributed by atoms with E-state index in [4.69, 9.17) is 16.3 Å². The maximum atomic E-state index is 14.0. The van der Waals surface area contributed by atoms with Crippen molar-refractivity contribution in [2.45, 2.75) is 19.0 Å². The molecule has 1 atom stereocenters. The number of morpholine rings is 1. The third kappa shape index (κ3) is 7.51. The molecule has 0 radical (unpaired) electrons. The van der Waals surface area contributed by atoms with Gasteiger partial charge in [-0.25, -0.2) is 4.39 Å². The highest BCUT2D eigenvalue weighted by Crippen LogP contribution is 2.28. The molecule has 2 amide bonds. The molecule has 0 bridgehead atoms. The molecule has 41 heavy (non-hydrogen) atoms. The highest BCUT2D eigenvalue weighted by atomic mass is 35.5. The van der Waals surface area contributed by atoms with Crippen LogP contribution in [0.1, 0.15) is 22.7 Å². The van der Waals surface area contributed by atoms with Gasteiger partial charge in [0.05, 0.1) is 19.6 Å². The standard InChI is InChI=1S/C33H31ClFN3O3/c34-27-10-6-25(7-11-27)23-38(31(39)22-24-4-2-1-3-5-24)32(26-8-12-28(35)13-9-26)33(40)36-29-14-16-30(17-15-29)37-18-20-41-21-19-37/h1-17,32H,18-23H2,(H,36,40). The molecular weight excluding hydrogens is 541 g/mol. The minimum atomic E-state index is -1.01. The molecule has 5 rings (SSSR count). The van der Waals surface area contributed by atoms with E-state index < -0.39 is 17.8 Å². The number of benzene rings is 4. The van der Waals surface area contributed by atoms with Crippen molar-refractivity contribution in [3.8, 4) is 0 Å². The minimum Gasteiger partial charge on any atom is -0.378 e. The summed E-state index contributed by atoms with van der Waals surface area (Å²) in [5.74, 6) is -1.06. The molecule has 1 unspecified atom stereocenters. The molecule has 0 saturated carbocycles. The van der Waals surface area contributed by atoms with E-state index >= 15 is 0 Å². The summed E-state index contributed by atoms with van der Waals surface area (Å²) >= 11 is 6.10. The number of rotatable bonds is 9. The fourth-order valence-electron chi connectivity index (χ4n) is 4.89. The Kier molecular flexibility index (Phi) is 9.29.